The highest BCUT2D eigenvalue weighted by Gasteiger charge is 2.44. The van der Waals surface area contributed by atoms with E-state index >= 15 is 0 Å². The number of methoxy groups -OCH3 is 4. The minimum absolute atomic E-state index is 0.0960. The molecule has 6 aromatic rings. The van der Waals surface area contributed by atoms with Crippen molar-refractivity contribution in [1.29, 1.82) is 5.26 Å². The number of benzene rings is 6. The zero-order valence-corrected chi connectivity index (χ0v) is 41.2. The van der Waals surface area contributed by atoms with Gasteiger partial charge in [0.25, 0.3) is 8.53 Å². The molecule has 1 unspecified atom stereocenters. The van der Waals surface area contributed by atoms with Gasteiger partial charge in [0.15, 0.2) is 0 Å². The van der Waals surface area contributed by atoms with Crippen LogP contribution in [0.2, 0.25) is 0 Å². The lowest BCUT2D eigenvalue weighted by Crippen LogP contribution is -2.44. The Morgan fingerprint density at radius 3 is 1.06 bits per heavy atom. The average Bonchev–Trinajstić information content (AvgIpc) is 3.37. The van der Waals surface area contributed by atoms with Crippen molar-refractivity contribution in [2.45, 2.75) is 64.3 Å². The standard InChI is InChI=1S/C56H65N2O8P/c1-42(2)58(43(3)4)67(65-38-16-37-57)66-41-54(5,39-63-55(44-17-12-10-13-18-44,46-21-29-50(59-6)30-22-46)47-23-31-51(60-7)32-24-47)40-64-56(45-19-14-11-15-20-45,48-25-33-52(61-8)34-26-48)49-27-35-53(62-9)36-28-49/h10-15,17-36,42-43H,16,38-41H2,1-9H3. The molecule has 0 spiro atoms. The summed E-state index contributed by atoms with van der Waals surface area (Å²) in [5.41, 5.74) is 2.34. The van der Waals surface area contributed by atoms with E-state index in [4.69, 9.17) is 37.5 Å². The van der Waals surface area contributed by atoms with Crippen LogP contribution in [0.4, 0.5) is 0 Å². The molecule has 0 N–H and O–H groups in total. The van der Waals surface area contributed by atoms with E-state index in [-0.39, 0.29) is 44.9 Å². The van der Waals surface area contributed by atoms with Gasteiger partial charge in [-0.3, -0.25) is 0 Å². The molecule has 0 amide bonds. The van der Waals surface area contributed by atoms with Gasteiger partial charge in [0, 0.05) is 17.5 Å². The Kier molecular flexibility index (Phi) is 18.0. The number of nitrogens with zero attached hydrogens (tertiary/aromatic N) is 2. The van der Waals surface area contributed by atoms with Gasteiger partial charge in [0.2, 0.25) is 0 Å². The van der Waals surface area contributed by atoms with Gasteiger partial charge in [-0.25, -0.2) is 4.67 Å². The summed E-state index contributed by atoms with van der Waals surface area (Å²) in [5.74, 6) is 2.91. The molecule has 1 atom stereocenters. The molecule has 10 nitrogen and oxygen atoms in total. The lowest BCUT2D eigenvalue weighted by molar-refractivity contribution is -0.105. The van der Waals surface area contributed by atoms with Crippen molar-refractivity contribution in [3.8, 4) is 29.1 Å². The van der Waals surface area contributed by atoms with E-state index in [1.807, 2.05) is 84.9 Å². The summed E-state index contributed by atoms with van der Waals surface area (Å²) in [4.78, 5) is 0. The lowest BCUT2D eigenvalue weighted by Gasteiger charge is -2.43. The molecule has 67 heavy (non-hydrogen) atoms. The minimum Gasteiger partial charge on any atom is -0.497 e. The molecule has 0 aliphatic heterocycles. The maximum absolute atomic E-state index is 9.53. The van der Waals surface area contributed by atoms with Crippen molar-refractivity contribution in [2.24, 2.45) is 5.41 Å². The summed E-state index contributed by atoms with van der Waals surface area (Å²) in [6, 6.07) is 55.1. The first kappa shape index (κ1) is 50.6. The Bertz CT molecular complexity index is 2180. The predicted octanol–water partition coefficient (Wildman–Crippen LogP) is 12.3. The summed E-state index contributed by atoms with van der Waals surface area (Å²) in [6.45, 7) is 11.4. The number of hydrogen-bond acceptors (Lipinski definition) is 10. The third-order valence-electron chi connectivity index (χ3n) is 11.8. The second kappa shape index (κ2) is 23.8. The minimum atomic E-state index is -1.63. The third kappa shape index (κ3) is 11.9. The highest BCUT2D eigenvalue weighted by atomic mass is 31.2. The van der Waals surface area contributed by atoms with Crippen LogP contribution in [0.3, 0.4) is 0 Å². The maximum atomic E-state index is 9.53. The van der Waals surface area contributed by atoms with Gasteiger partial charge in [0.05, 0.1) is 67.4 Å². The first-order valence-corrected chi connectivity index (χ1v) is 23.8. The van der Waals surface area contributed by atoms with Crippen LogP contribution in [0.5, 0.6) is 23.0 Å². The molecule has 11 heteroatoms. The van der Waals surface area contributed by atoms with Gasteiger partial charge >= 0.3 is 0 Å². The number of ether oxygens (including phenoxy) is 6. The maximum Gasteiger partial charge on any atom is 0.259 e. The van der Waals surface area contributed by atoms with Crippen LogP contribution in [0.25, 0.3) is 0 Å². The fourth-order valence-electron chi connectivity index (χ4n) is 8.36. The number of rotatable bonds is 25. The summed E-state index contributed by atoms with van der Waals surface area (Å²) in [5, 5.41) is 9.53. The normalized spacial score (nSPS) is 12.5. The molecule has 0 aliphatic carbocycles. The summed E-state index contributed by atoms with van der Waals surface area (Å²) in [7, 11) is 5.03. The van der Waals surface area contributed by atoms with E-state index in [2.05, 4.69) is 118 Å². The van der Waals surface area contributed by atoms with Crippen LogP contribution in [-0.4, -0.2) is 71.6 Å². The second-order valence-corrected chi connectivity index (χ2v) is 18.7. The van der Waals surface area contributed by atoms with E-state index in [0.29, 0.717) is 0 Å². The van der Waals surface area contributed by atoms with Crippen LogP contribution in [0.15, 0.2) is 158 Å². The zero-order valence-electron chi connectivity index (χ0n) is 40.3. The first-order valence-electron chi connectivity index (χ1n) is 22.6. The summed E-state index contributed by atoms with van der Waals surface area (Å²) in [6.07, 6.45) is 0.238. The average molecular weight is 925 g/mol. The van der Waals surface area contributed by atoms with Gasteiger partial charge in [-0.2, -0.15) is 5.26 Å². The summed E-state index contributed by atoms with van der Waals surface area (Å²) < 4.78 is 53.7. The molecule has 6 aromatic carbocycles. The Balaban J connectivity index is 1.54. The van der Waals surface area contributed by atoms with Crippen LogP contribution >= 0.6 is 8.53 Å². The van der Waals surface area contributed by atoms with Crippen molar-refractivity contribution in [3.05, 3.63) is 191 Å². The predicted molar refractivity (Wildman–Crippen MR) is 266 cm³/mol. The molecule has 0 aromatic heterocycles. The molecular formula is C56H65N2O8P. The molecule has 0 heterocycles. The fraction of sp³-hybridized carbons (Fsp3) is 0.339. The van der Waals surface area contributed by atoms with Crippen molar-refractivity contribution >= 4 is 8.53 Å². The SMILES string of the molecule is COc1ccc(C(OCC(C)(COP(OCCC#N)N(C(C)C)C(C)C)COC(c2ccccc2)(c2ccc(OC)cc2)c2ccc(OC)cc2)(c2ccccc2)c2ccc(OC)cc2)cc1. The van der Waals surface area contributed by atoms with E-state index in [0.717, 1.165) is 56.4 Å². The van der Waals surface area contributed by atoms with Gasteiger partial charge in [-0.05, 0) is 110 Å². The van der Waals surface area contributed by atoms with E-state index in [1.54, 1.807) is 28.4 Å². The quantitative estimate of drug-likeness (QED) is 0.0313. The van der Waals surface area contributed by atoms with Crippen LogP contribution in [0, 0.1) is 16.7 Å². The van der Waals surface area contributed by atoms with E-state index in [1.165, 1.54) is 0 Å². The molecule has 0 saturated heterocycles. The second-order valence-electron chi connectivity index (χ2n) is 17.2. The molecule has 6 rings (SSSR count). The Morgan fingerprint density at radius 2 is 0.776 bits per heavy atom. The molecule has 0 bridgehead atoms. The molecule has 0 saturated carbocycles. The monoisotopic (exact) mass is 924 g/mol. The van der Waals surface area contributed by atoms with Gasteiger partial charge in [-0.15, -0.1) is 0 Å². The smallest absolute Gasteiger partial charge is 0.259 e. The Morgan fingerprint density at radius 1 is 0.463 bits per heavy atom. The fourth-order valence-corrected chi connectivity index (χ4v) is 10.1. The van der Waals surface area contributed by atoms with Crippen molar-refractivity contribution < 1.29 is 37.5 Å². The van der Waals surface area contributed by atoms with Crippen LogP contribution in [-0.2, 0) is 29.7 Å². The number of nitriles is 1. The first-order chi connectivity index (χ1) is 32.5. The van der Waals surface area contributed by atoms with Crippen molar-refractivity contribution in [2.75, 3.05) is 54.9 Å². The highest BCUT2D eigenvalue weighted by molar-refractivity contribution is 7.44. The van der Waals surface area contributed by atoms with Gasteiger partial charge in [-0.1, -0.05) is 116 Å². The molecular weight excluding hydrogens is 860 g/mol. The number of hydrogen-bond donors (Lipinski definition) is 0. The zero-order chi connectivity index (χ0) is 47.9. The Labute approximate surface area is 399 Å². The largest absolute Gasteiger partial charge is 0.497 e. The third-order valence-corrected chi connectivity index (χ3v) is 13.9. The lowest BCUT2D eigenvalue weighted by atomic mass is 9.79. The van der Waals surface area contributed by atoms with Crippen LogP contribution in [0.1, 0.15) is 74.4 Å². The van der Waals surface area contributed by atoms with Gasteiger partial charge in [0.1, 0.15) is 34.2 Å². The topological polar surface area (TPSA) is 101 Å². The van der Waals surface area contributed by atoms with Crippen molar-refractivity contribution in [3.63, 3.8) is 0 Å². The molecule has 0 aliphatic rings. The Hall–Kier alpha value is -5.76. The summed E-state index contributed by atoms with van der Waals surface area (Å²) >= 11 is 0. The van der Waals surface area contributed by atoms with Crippen molar-refractivity contribution in [1.82, 2.24) is 4.67 Å². The molecule has 0 radical (unpaired) electrons. The van der Waals surface area contributed by atoms with E-state index < -0.39 is 25.1 Å². The van der Waals surface area contributed by atoms with E-state index in [9.17, 15) is 5.26 Å². The highest BCUT2D eigenvalue weighted by Crippen LogP contribution is 2.50. The molecule has 352 valence electrons. The van der Waals surface area contributed by atoms with Crippen LogP contribution < -0.4 is 18.9 Å². The van der Waals surface area contributed by atoms with Gasteiger partial charge < -0.3 is 37.5 Å². The molecule has 0 fully saturated rings.